The van der Waals surface area contributed by atoms with E-state index in [4.69, 9.17) is 9.26 Å². The van der Waals surface area contributed by atoms with E-state index in [1.165, 1.54) is 6.21 Å². The highest BCUT2D eigenvalue weighted by Crippen LogP contribution is 2.25. The molecule has 36 heavy (non-hydrogen) atoms. The van der Waals surface area contributed by atoms with Gasteiger partial charge in [-0.1, -0.05) is 71.9 Å². The molecule has 1 aromatic heterocycles. The highest BCUT2D eigenvalue weighted by atomic mass is 16.5. The van der Waals surface area contributed by atoms with Crippen LogP contribution in [0, 0.1) is 6.92 Å². The van der Waals surface area contributed by atoms with Crippen LogP contribution >= 0.6 is 0 Å². The average Bonchev–Trinajstić information content (AvgIpc) is 3.31. The number of hydrazone groups is 1. The molecule has 0 unspecified atom stereocenters. The van der Waals surface area contributed by atoms with Crippen LogP contribution in [0.3, 0.4) is 0 Å². The number of esters is 1. The zero-order valence-corrected chi connectivity index (χ0v) is 19.3. The zero-order valence-electron chi connectivity index (χ0n) is 19.3. The summed E-state index contributed by atoms with van der Waals surface area (Å²) in [6.07, 6.45) is 1.50. The van der Waals surface area contributed by atoms with E-state index in [1.807, 2.05) is 66.7 Å². The maximum absolute atomic E-state index is 12.7. The minimum Gasteiger partial charge on any atom is -0.423 e. The minimum absolute atomic E-state index is 0.328. The molecule has 0 spiro atoms. The fourth-order valence-corrected chi connectivity index (χ4v) is 3.84. The van der Waals surface area contributed by atoms with Gasteiger partial charge in [0, 0.05) is 5.56 Å². The third-order valence-electron chi connectivity index (χ3n) is 5.62. The van der Waals surface area contributed by atoms with Crippen LogP contribution < -0.4 is 10.2 Å². The number of amides is 1. The number of aromatic nitrogens is 1. The number of carbonyl (C=O) groups is 2. The van der Waals surface area contributed by atoms with Crippen LogP contribution in [0.5, 0.6) is 5.75 Å². The summed E-state index contributed by atoms with van der Waals surface area (Å²) in [5.74, 6) is -0.0519. The second-order valence-electron chi connectivity index (χ2n) is 8.01. The SMILES string of the molecule is Cc1onc(-c2ccccc2)c1C(=O)NN=Cc1ccc(OC(=O)c2cccc3ccccc23)cc1. The molecular weight excluding hydrogens is 454 g/mol. The summed E-state index contributed by atoms with van der Waals surface area (Å²) in [5.41, 5.74) is 5.29. The number of aryl methyl sites for hydroxylation is 1. The van der Waals surface area contributed by atoms with E-state index < -0.39 is 11.9 Å². The summed E-state index contributed by atoms with van der Waals surface area (Å²) in [7, 11) is 0. The molecule has 1 N–H and O–H groups in total. The summed E-state index contributed by atoms with van der Waals surface area (Å²) in [6.45, 7) is 1.68. The lowest BCUT2D eigenvalue weighted by Gasteiger charge is -2.07. The van der Waals surface area contributed by atoms with Gasteiger partial charge < -0.3 is 9.26 Å². The summed E-state index contributed by atoms with van der Waals surface area (Å²) >= 11 is 0. The molecule has 1 amide bonds. The number of fused-ring (bicyclic) bond motifs is 1. The number of nitrogens with one attached hydrogen (secondary N) is 1. The van der Waals surface area contributed by atoms with Crippen LogP contribution in [0.2, 0.25) is 0 Å². The molecule has 0 radical (unpaired) electrons. The lowest BCUT2D eigenvalue weighted by atomic mass is 10.0. The third kappa shape index (κ3) is 4.76. The number of benzene rings is 4. The van der Waals surface area contributed by atoms with Crippen molar-refractivity contribution in [3.05, 3.63) is 120 Å². The largest absolute Gasteiger partial charge is 0.423 e. The molecule has 7 nitrogen and oxygen atoms in total. The fraction of sp³-hybridized carbons (Fsp3) is 0.0345. The van der Waals surface area contributed by atoms with Gasteiger partial charge in [-0.3, -0.25) is 4.79 Å². The van der Waals surface area contributed by atoms with Gasteiger partial charge in [0.15, 0.2) is 0 Å². The molecule has 7 heteroatoms. The highest BCUT2D eigenvalue weighted by Gasteiger charge is 2.21. The average molecular weight is 476 g/mol. The van der Waals surface area contributed by atoms with Gasteiger partial charge in [0.1, 0.15) is 22.8 Å². The van der Waals surface area contributed by atoms with E-state index in [9.17, 15) is 9.59 Å². The molecule has 5 aromatic rings. The van der Waals surface area contributed by atoms with E-state index in [0.717, 1.165) is 16.3 Å². The molecule has 0 bridgehead atoms. The Hall–Kier alpha value is -5.04. The number of rotatable bonds is 6. The summed E-state index contributed by atoms with van der Waals surface area (Å²) in [6, 6.07) is 29.3. The first-order valence-electron chi connectivity index (χ1n) is 11.3. The molecular formula is C29H21N3O4. The van der Waals surface area contributed by atoms with E-state index in [0.29, 0.717) is 33.9 Å². The summed E-state index contributed by atoms with van der Waals surface area (Å²) in [5, 5.41) is 9.87. The molecule has 5 rings (SSSR count). The fourth-order valence-electron chi connectivity index (χ4n) is 3.84. The van der Waals surface area contributed by atoms with Crippen molar-refractivity contribution in [1.82, 2.24) is 10.6 Å². The van der Waals surface area contributed by atoms with E-state index in [-0.39, 0.29) is 0 Å². The summed E-state index contributed by atoms with van der Waals surface area (Å²) < 4.78 is 10.8. The van der Waals surface area contributed by atoms with Crippen LogP contribution in [0.4, 0.5) is 0 Å². The van der Waals surface area contributed by atoms with Gasteiger partial charge >= 0.3 is 5.97 Å². The Morgan fingerprint density at radius 3 is 2.42 bits per heavy atom. The first-order valence-corrected chi connectivity index (χ1v) is 11.3. The highest BCUT2D eigenvalue weighted by molar-refractivity contribution is 6.05. The van der Waals surface area contributed by atoms with Gasteiger partial charge in [0.05, 0.1) is 11.8 Å². The van der Waals surface area contributed by atoms with Crippen molar-refractivity contribution in [3.63, 3.8) is 0 Å². The van der Waals surface area contributed by atoms with Crippen molar-refractivity contribution in [2.75, 3.05) is 0 Å². The van der Waals surface area contributed by atoms with Gasteiger partial charge in [-0.05, 0) is 53.6 Å². The lowest BCUT2D eigenvalue weighted by molar-refractivity contribution is 0.0736. The molecule has 0 aliphatic heterocycles. The van der Waals surface area contributed by atoms with Gasteiger partial charge in [-0.2, -0.15) is 5.10 Å². The molecule has 4 aromatic carbocycles. The molecule has 1 heterocycles. The second kappa shape index (κ2) is 10.1. The van der Waals surface area contributed by atoms with Crippen molar-refractivity contribution in [2.24, 2.45) is 5.10 Å². The number of hydrogen-bond donors (Lipinski definition) is 1. The quantitative estimate of drug-likeness (QED) is 0.145. The van der Waals surface area contributed by atoms with Crippen molar-refractivity contribution >= 4 is 28.9 Å². The van der Waals surface area contributed by atoms with Crippen molar-refractivity contribution in [3.8, 4) is 17.0 Å². The monoisotopic (exact) mass is 475 g/mol. The van der Waals surface area contributed by atoms with Crippen molar-refractivity contribution < 1.29 is 18.8 Å². The van der Waals surface area contributed by atoms with Crippen LogP contribution in [-0.2, 0) is 0 Å². The predicted molar refractivity (Wildman–Crippen MR) is 137 cm³/mol. The number of carbonyl (C=O) groups excluding carboxylic acids is 2. The smallest absolute Gasteiger partial charge is 0.344 e. The van der Waals surface area contributed by atoms with Crippen molar-refractivity contribution in [1.29, 1.82) is 0 Å². The summed E-state index contributed by atoms with van der Waals surface area (Å²) in [4.78, 5) is 25.5. The predicted octanol–water partition coefficient (Wildman–Crippen LogP) is 5.79. The van der Waals surface area contributed by atoms with Crippen LogP contribution in [0.25, 0.3) is 22.0 Å². The first-order chi connectivity index (χ1) is 17.6. The number of hydrogen-bond acceptors (Lipinski definition) is 6. The standard InChI is InChI=1S/C29H21N3O4/c1-19-26(27(32-36-19)22-9-3-2-4-10-22)28(33)31-30-18-20-14-16-23(17-15-20)35-29(34)25-13-7-11-21-8-5-6-12-24(21)25/h2-18H,1H3,(H,31,33). The normalized spacial score (nSPS) is 11.0. The molecule has 0 atom stereocenters. The Morgan fingerprint density at radius 1 is 0.889 bits per heavy atom. The second-order valence-corrected chi connectivity index (χ2v) is 8.01. The van der Waals surface area contributed by atoms with Crippen LogP contribution in [0.1, 0.15) is 32.0 Å². The molecule has 0 saturated heterocycles. The Morgan fingerprint density at radius 2 is 1.61 bits per heavy atom. The Bertz CT molecular complexity index is 1570. The molecule has 176 valence electrons. The maximum Gasteiger partial charge on any atom is 0.344 e. The van der Waals surface area contributed by atoms with Gasteiger partial charge in [0.25, 0.3) is 5.91 Å². The Kier molecular flexibility index (Phi) is 6.36. The van der Waals surface area contributed by atoms with Gasteiger partial charge in [-0.25, -0.2) is 10.2 Å². The molecule has 0 saturated carbocycles. The third-order valence-corrected chi connectivity index (χ3v) is 5.62. The first kappa shape index (κ1) is 22.7. The van der Waals surface area contributed by atoms with Crippen LogP contribution in [0.15, 0.2) is 107 Å². The topological polar surface area (TPSA) is 93.8 Å². The van der Waals surface area contributed by atoms with Gasteiger partial charge in [-0.15, -0.1) is 0 Å². The van der Waals surface area contributed by atoms with E-state index >= 15 is 0 Å². The number of ether oxygens (including phenoxy) is 1. The molecule has 0 fully saturated rings. The van der Waals surface area contributed by atoms with E-state index in [2.05, 4.69) is 15.7 Å². The minimum atomic E-state index is -0.432. The lowest BCUT2D eigenvalue weighted by Crippen LogP contribution is -2.18. The Balaban J connectivity index is 1.24. The van der Waals surface area contributed by atoms with E-state index in [1.54, 1.807) is 37.3 Å². The maximum atomic E-state index is 12.7. The number of nitrogens with zero attached hydrogens (tertiary/aromatic N) is 2. The van der Waals surface area contributed by atoms with Gasteiger partial charge in [0.2, 0.25) is 0 Å². The van der Waals surface area contributed by atoms with Crippen LogP contribution in [-0.4, -0.2) is 23.2 Å². The zero-order chi connectivity index (χ0) is 24.9. The molecule has 0 aliphatic rings. The molecule has 0 aliphatic carbocycles. The van der Waals surface area contributed by atoms with Crippen molar-refractivity contribution in [2.45, 2.75) is 6.92 Å². The Labute approximate surface area is 207 Å².